The second kappa shape index (κ2) is 6.27. The van der Waals surface area contributed by atoms with Crippen molar-refractivity contribution in [3.8, 4) is 0 Å². The molecule has 6 nitrogen and oxygen atoms in total. The summed E-state index contributed by atoms with van der Waals surface area (Å²) in [7, 11) is -3.30. The second-order valence-corrected chi connectivity index (χ2v) is 6.62. The maximum absolute atomic E-state index is 11.7. The van der Waals surface area contributed by atoms with Crippen molar-refractivity contribution in [2.45, 2.75) is 33.2 Å². The molecule has 0 aliphatic carbocycles. The molecule has 1 heterocycles. The van der Waals surface area contributed by atoms with Gasteiger partial charge in [0.2, 0.25) is 15.2 Å². The van der Waals surface area contributed by atoms with Crippen LogP contribution in [0.5, 0.6) is 0 Å². The van der Waals surface area contributed by atoms with Gasteiger partial charge in [-0.3, -0.25) is 4.72 Å². The first kappa shape index (κ1) is 14.3. The lowest BCUT2D eigenvalue weighted by atomic mass is 10.4. The molecule has 0 aliphatic rings. The van der Waals surface area contributed by atoms with Gasteiger partial charge in [-0.15, -0.1) is 0 Å². The Labute approximate surface area is 106 Å². The summed E-state index contributed by atoms with van der Waals surface area (Å²) in [4.78, 5) is 3.95. The Hall–Kier alpha value is -0.730. The van der Waals surface area contributed by atoms with Crippen molar-refractivity contribution in [1.82, 2.24) is 14.7 Å². The van der Waals surface area contributed by atoms with E-state index in [1.165, 1.54) is 0 Å². The predicted octanol–water partition coefficient (Wildman–Crippen LogP) is 0.976. The number of aromatic nitrogens is 2. The van der Waals surface area contributed by atoms with E-state index in [9.17, 15) is 8.42 Å². The Morgan fingerprint density at radius 1 is 1.41 bits per heavy atom. The van der Waals surface area contributed by atoms with Gasteiger partial charge in [-0.05, 0) is 19.9 Å². The van der Waals surface area contributed by atoms with Gasteiger partial charge in [0.25, 0.3) is 0 Å². The lowest BCUT2D eigenvalue weighted by Crippen LogP contribution is -2.26. The quantitative estimate of drug-likeness (QED) is 0.726. The zero-order valence-corrected chi connectivity index (χ0v) is 11.9. The lowest BCUT2D eigenvalue weighted by molar-refractivity contribution is 0.571. The number of anilines is 1. The Morgan fingerprint density at radius 3 is 2.65 bits per heavy atom. The molecule has 1 aromatic heterocycles. The number of sulfonamides is 1. The van der Waals surface area contributed by atoms with Crippen molar-refractivity contribution >= 4 is 26.7 Å². The summed E-state index contributed by atoms with van der Waals surface area (Å²) in [5.74, 6) is 0.667. The van der Waals surface area contributed by atoms with E-state index in [1.807, 2.05) is 13.8 Å². The molecule has 0 aliphatic heterocycles. The number of rotatable bonds is 7. The van der Waals surface area contributed by atoms with Crippen LogP contribution in [-0.4, -0.2) is 36.1 Å². The van der Waals surface area contributed by atoms with Crippen molar-refractivity contribution in [1.29, 1.82) is 0 Å². The topological polar surface area (TPSA) is 84.0 Å². The Morgan fingerprint density at radius 2 is 2.12 bits per heavy atom. The molecule has 98 valence electrons. The normalized spacial score (nSPS) is 12.0. The molecule has 1 aromatic rings. The van der Waals surface area contributed by atoms with Crippen molar-refractivity contribution < 1.29 is 8.42 Å². The smallest absolute Gasteiger partial charge is 0.234 e. The molecule has 2 N–H and O–H groups in total. The molecule has 0 fully saturated rings. The fourth-order valence-electron chi connectivity index (χ4n) is 1.18. The van der Waals surface area contributed by atoms with E-state index in [-0.39, 0.29) is 5.75 Å². The number of nitrogens with zero attached hydrogens (tertiary/aromatic N) is 2. The maximum Gasteiger partial charge on any atom is 0.234 e. The summed E-state index contributed by atoms with van der Waals surface area (Å²) in [6.45, 7) is 6.46. The van der Waals surface area contributed by atoms with Crippen LogP contribution in [0, 0.1) is 6.92 Å². The monoisotopic (exact) mass is 278 g/mol. The zero-order valence-electron chi connectivity index (χ0n) is 10.2. The molecule has 0 atom stereocenters. The van der Waals surface area contributed by atoms with E-state index in [0.29, 0.717) is 30.0 Å². The average Bonchev–Trinajstić information content (AvgIpc) is 2.57. The van der Waals surface area contributed by atoms with Crippen LogP contribution < -0.4 is 10.0 Å². The highest BCUT2D eigenvalue weighted by atomic mass is 32.2. The predicted molar refractivity (Wildman–Crippen MR) is 69.8 cm³/mol. The first-order valence-electron chi connectivity index (χ1n) is 5.43. The highest BCUT2D eigenvalue weighted by molar-refractivity contribution is 7.92. The largest absolute Gasteiger partial charge is 0.314 e. The first-order chi connectivity index (χ1) is 7.89. The third-order valence-corrected chi connectivity index (χ3v) is 4.09. The van der Waals surface area contributed by atoms with Gasteiger partial charge in [0.15, 0.2) is 0 Å². The third kappa shape index (κ3) is 5.94. The SMILES string of the molecule is Cc1nsc(NS(=O)(=O)CCCNC(C)C)n1. The molecule has 0 spiro atoms. The van der Waals surface area contributed by atoms with Gasteiger partial charge in [0.1, 0.15) is 5.82 Å². The second-order valence-electron chi connectivity index (χ2n) is 4.03. The van der Waals surface area contributed by atoms with E-state index in [2.05, 4.69) is 19.4 Å². The zero-order chi connectivity index (χ0) is 12.9. The van der Waals surface area contributed by atoms with Gasteiger partial charge in [-0.1, -0.05) is 13.8 Å². The van der Waals surface area contributed by atoms with Crippen molar-refractivity contribution in [2.75, 3.05) is 17.0 Å². The Bertz CT molecular complexity index is 442. The minimum atomic E-state index is -3.30. The van der Waals surface area contributed by atoms with E-state index in [1.54, 1.807) is 6.92 Å². The molecule has 17 heavy (non-hydrogen) atoms. The fourth-order valence-corrected chi connectivity index (χ4v) is 3.08. The molecule has 0 bridgehead atoms. The lowest BCUT2D eigenvalue weighted by Gasteiger charge is -2.08. The van der Waals surface area contributed by atoms with E-state index < -0.39 is 10.0 Å². The van der Waals surface area contributed by atoms with Crippen LogP contribution in [0.1, 0.15) is 26.1 Å². The minimum Gasteiger partial charge on any atom is -0.314 e. The molecular formula is C9H18N4O2S2. The maximum atomic E-state index is 11.7. The summed E-state index contributed by atoms with van der Waals surface area (Å²) in [6.07, 6.45) is 0.575. The molecule has 0 radical (unpaired) electrons. The number of nitrogens with one attached hydrogen (secondary N) is 2. The van der Waals surface area contributed by atoms with Gasteiger partial charge in [0, 0.05) is 17.6 Å². The first-order valence-corrected chi connectivity index (χ1v) is 7.86. The molecule has 0 amide bonds. The van der Waals surface area contributed by atoms with Crippen LogP contribution in [0.25, 0.3) is 0 Å². The fraction of sp³-hybridized carbons (Fsp3) is 0.778. The standard InChI is InChI=1S/C9H18N4O2S2/c1-7(2)10-5-4-6-17(14,15)13-9-11-8(3)12-16-9/h7,10H,4-6H2,1-3H3,(H,11,12,13). The van der Waals surface area contributed by atoms with Gasteiger partial charge < -0.3 is 5.32 Å². The Kier molecular flexibility index (Phi) is 5.29. The van der Waals surface area contributed by atoms with Gasteiger partial charge in [0.05, 0.1) is 5.75 Å². The van der Waals surface area contributed by atoms with Gasteiger partial charge in [-0.2, -0.15) is 4.37 Å². The summed E-state index contributed by atoms with van der Waals surface area (Å²) in [5.41, 5.74) is 0. The van der Waals surface area contributed by atoms with Crippen LogP contribution in [0.4, 0.5) is 5.13 Å². The molecule has 0 saturated heterocycles. The van der Waals surface area contributed by atoms with E-state index in [4.69, 9.17) is 0 Å². The molecule has 0 unspecified atom stereocenters. The van der Waals surface area contributed by atoms with Crippen LogP contribution in [0.2, 0.25) is 0 Å². The number of aryl methyl sites for hydroxylation is 1. The van der Waals surface area contributed by atoms with Gasteiger partial charge >= 0.3 is 0 Å². The summed E-state index contributed by atoms with van der Waals surface area (Å²) < 4.78 is 29.6. The molecule has 0 saturated carbocycles. The molecule has 8 heteroatoms. The Balaban J connectivity index is 2.36. The van der Waals surface area contributed by atoms with E-state index in [0.717, 1.165) is 11.5 Å². The van der Waals surface area contributed by atoms with Gasteiger partial charge in [-0.25, -0.2) is 13.4 Å². The summed E-state index contributed by atoms with van der Waals surface area (Å²) >= 11 is 1.05. The number of hydrogen-bond acceptors (Lipinski definition) is 6. The van der Waals surface area contributed by atoms with Crippen molar-refractivity contribution in [3.63, 3.8) is 0 Å². The van der Waals surface area contributed by atoms with Crippen LogP contribution in [-0.2, 0) is 10.0 Å². The van der Waals surface area contributed by atoms with Crippen LogP contribution >= 0.6 is 11.5 Å². The third-order valence-electron chi connectivity index (χ3n) is 1.91. The number of hydrogen-bond donors (Lipinski definition) is 2. The average molecular weight is 278 g/mol. The summed E-state index contributed by atoms with van der Waals surface area (Å²) in [5, 5.41) is 3.50. The van der Waals surface area contributed by atoms with Crippen molar-refractivity contribution in [2.24, 2.45) is 0 Å². The van der Waals surface area contributed by atoms with E-state index >= 15 is 0 Å². The minimum absolute atomic E-state index is 0.0886. The molecule has 1 rings (SSSR count). The highest BCUT2D eigenvalue weighted by Gasteiger charge is 2.12. The van der Waals surface area contributed by atoms with Crippen LogP contribution in [0.3, 0.4) is 0 Å². The summed E-state index contributed by atoms with van der Waals surface area (Å²) in [6, 6.07) is 0.372. The molecule has 0 aromatic carbocycles. The van der Waals surface area contributed by atoms with Crippen LogP contribution in [0.15, 0.2) is 0 Å². The van der Waals surface area contributed by atoms with Crippen molar-refractivity contribution in [3.05, 3.63) is 5.82 Å². The highest BCUT2D eigenvalue weighted by Crippen LogP contribution is 2.12. The molecular weight excluding hydrogens is 260 g/mol.